The number of ether oxygens (including phenoxy) is 2. The van der Waals surface area contributed by atoms with Crippen molar-refractivity contribution in [2.24, 2.45) is 0 Å². The van der Waals surface area contributed by atoms with Crippen LogP contribution in [0.1, 0.15) is 47.9 Å². The van der Waals surface area contributed by atoms with Crippen molar-refractivity contribution >= 4 is 23.4 Å². The molecule has 1 aliphatic rings. The molecule has 186 valence electrons. The molecule has 1 N–H and O–H groups in total. The van der Waals surface area contributed by atoms with Crippen molar-refractivity contribution in [3.05, 3.63) is 57.8 Å². The second-order valence-electron chi connectivity index (χ2n) is 8.46. The van der Waals surface area contributed by atoms with Crippen molar-refractivity contribution < 1.29 is 28.6 Å². The normalized spacial score (nSPS) is 12.9. The minimum Gasteiger partial charge on any atom is -0.493 e. The van der Waals surface area contributed by atoms with Gasteiger partial charge in [-0.3, -0.25) is 4.79 Å². The average molecular weight is 499 g/mol. The number of carboxylic acids is 1. The Morgan fingerprint density at radius 2 is 2.06 bits per heavy atom. The summed E-state index contributed by atoms with van der Waals surface area (Å²) in [5.41, 5.74) is 3.78. The maximum Gasteiger partial charge on any atom is 0.410 e. The number of carboxylic acid groups (broad SMARTS) is 1. The Kier molecular flexibility index (Phi) is 8.07. The lowest BCUT2D eigenvalue weighted by molar-refractivity contribution is -0.136. The van der Waals surface area contributed by atoms with Gasteiger partial charge in [-0.05, 0) is 54.8 Å². The van der Waals surface area contributed by atoms with Crippen LogP contribution in [0.3, 0.4) is 0 Å². The number of carbonyl (C=O) groups excluding carboxylic acids is 1. The van der Waals surface area contributed by atoms with E-state index < -0.39 is 5.97 Å². The summed E-state index contributed by atoms with van der Waals surface area (Å²) in [4.78, 5) is 30.9. The first-order valence-corrected chi connectivity index (χ1v) is 12.7. The summed E-state index contributed by atoms with van der Waals surface area (Å²) < 4.78 is 17.3. The molecule has 0 bridgehead atoms. The predicted molar refractivity (Wildman–Crippen MR) is 132 cm³/mol. The van der Waals surface area contributed by atoms with E-state index in [0.717, 1.165) is 45.2 Å². The van der Waals surface area contributed by atoms with E-state index in [1.165, 1.54) is 0 Å². The van der Waals surface area contributed by atoms with E-state index >= 15 is 0 Å². The molecule has 0 saturated carbocycles. The first kappa shape index (κ1) is 24.8. The molecule has 3 heterocycles. The first-order chi connectivity index (χ1) is 17.0. The highest BCUT2D eigenvalue weighted by atomic mass is 32.1. The Morgan fingerprint density at radius 3 is 2.80 bits per heavy atom. The summed E-state index contributed by atoms with van der Waals surface area (Å²) in [6.07, 6.45) is 2.09. The Labute approximate surface area is 208 Å². The molecule has 4 rings (SSSR count). The van der Waals surface area contributed by atoms with E-state index in [0.29, 0.717) is 51.5 Å². The van der Waals surface area contributed by atoms with Crippen LogP contribution in [0.25, 0.3) is 10.8 Å². The monoisotopic (exact) mass is 498 g/mol. The summed E-state index contributed by atoms with van der Waals surface area (Å²) in [6.45, 7) is 5.59. The molecule has 35 heavy (non-hydrogen) atoms. The third-order valence-electron chi connectivity index (χ3n) is 5.98. The Morgan fingerprint density at radius 1 is 1.20 bits per heavy atom. The van der Waals surface area contributed by atoms with Gasteiger partial charge < -0.3 is 23.9 Å². The largest absolute Gasteiger partial charge is 0.493 e. The van der Waals surface area contributed by atoms with Gasteiger partial charge in [0.25, 0.3) is 0 Å². The highest BCUT2D eigenvalue weighted by molar-refractivity contribution is 7.13. The molecule has 0 unspecified atom stereocenters. The number of rotatable bonds is 10. The van der Waals surface area contributed by atoms with Gasteiger partial charge >= 0.3 is 12.1 Å². The second kappa shape index (κ2) is 11.4. The van der Waals surface area contributed by atoms with E-state index in [4.69, 9.17) is 19.0 Å². The zero-order valence-corrected chi connectivity index (χ0v) is 20.9. The molecule has 0 spiro atoms. The standard InChI is InChI=1S/C26H30N2O6S/c1-3-13-33-26(31)28-12-10-19-20(16-28)18(7-9-24(29)30)6-8-22(19)32-14-11-21-17(2)34-25(27-21)23-5-4-15-35-23/h4-6,8,15H,3,7,9-14,16H2,1-2H3,(H,29,30). The maximum absolute atomic E-state index is 12.4. The molecule has 1 amide bonds. The number of thiophene rings is 1. The SMILES string of the molecule is CCCOC(=O)N1CCc2c(OCCc3nc(-c4cccs4)oc3C)ccc(CCC(=O)O)c2C1. The van der Waals surface area contributed by atoms with Gasteiger partial charge in [-0.1, -0.05) is 19.1 Å². The van der Waals surface area contributed by atoms with Crippen molar-refractivity contribution in [2.45, 2.75) is 52.5 Å². The first-order valence-electron chi connectivity index (χ1n) is 11.9. The number of aromatic nitrogens is 1. The van der Waals surface area contributed by atoms with Crippen molar-refractivity contribution in [1.82, 2.24) is 9.88 Å². The molecule has 3 aromatic rings. The van der Waals surface area contributed by atoms with E-state index in [-0.39, 0.29) is 12.5 Å². The van der Waals surface area contributed by atoms with Crippen molar-refractivity contribution in [2.75, 3.05) is 19.8 Å². The van der Waals surface area contributed by atoms with Gasteiger partial charge in [0, 0.05) is 31.5 Å². The zero-order chi connectivity index (χ0) is 24.8. The molecule has 0 aliphatic carbocycles. The number of oxazole rings is 1. The molecule has 9 heteroatoms. The fourth-order valence-electron chi connectivity index (χ4n) is 4.18. The summed E-state index contributed by atoms with van der Waals surface area (Å²) in [5, 5.41) is 11.1. The quantitative estimate of drug-likeness (QED) is 0.407. The van der Waals surface area contributed by atoms with Crippen LogP contribution < -0.4 is 4.74 Å². The highest BCUT2D eigenvalue weighted by Crippen LogP contribution is 2.32. The lowest BCUT2D eigenvalue weighted by Gasteiger charge is -2.31. The minimum absolute atomic E-state index is 0.0327. The van der Waals surface area contributed by atoms with E-state index in [1.54, 1.807) is 16.2 Å². The molecule has 0 radical (unpaired) electrons. The molecule has 1 aliphatic heterocycles. The number of aliphatic carboxylic acids is 1. The molecule has 0 fully saturated rings. The number of nitrogens with zero attached hydrogens (tertiary/aromatic N) is 2. The number of carbonyl (C=O) groups is 2. The zero-order valence-electron chi connectivity index (χ0n) is 20.0. The number of fused-ring (bicyclic) bond motifs is 1. The number of amides is 1. The van der Waals surface area contributed by atoms with Gasteiger partial charge in [-0.25, -0.2) is 9.78 Å². The van der Waals surface area contributed by atoms with Gasteiger partial charge in [0.1, 0.15) is 11.5 Å². The highest BCUT2D eigenvalue weighted by Gasteiger charge is 2.26. The van der Waals surface area contributed by atoms with Crippen LogP contribution in [0.15, 0.2) is 34.1 Å². The molecule has 2 aromatic heterocycles. The summed E-state index contributed by atoms with van der Waals surface area (Å²) in [6, 6.07) is 7.77. The second-order valence-corrected chi connectivity index (χ2v) is 9.40. The fourth-order valence-corrected chi connectivity index (χ4v) is 4.83. The number of aryl methyl sites for hydroxylation is 2. The van der Waals surface area contributed by atoms with E-state index in [2.05, 4.69) is 4.98 Å². The number of benzene rings is 1. The Bertz CT molecular complexity index is 1170. The van der Waals surface area contributed by atoms with Gasteiger partial charge in [0.05, 0.1) is 23.8 Å². The maximum atomic E-state index is 12.4. The van der Waals surface area contributed by atoms with Crippen molar-refractivity contribution in [1.29, 1.82) is 0 Å². The van der Waals surface area contributed by atoms with Crippen LogP contribution in [-0.2, 0) is 35.3 Å². The van der Waals surface area contributed by atoms with Crippen LogP contribution in [0, 0.1) is 6.92 Å². The van der Waals surface area contributed by atoms with Gasteiger partial charge in [-0.2, -0.15) is 0 Å². The average Bonchev–Trinajstić information content (AvgIpc) is 3.51. The lowest BCUT2D eigenvalue weighted by Crippen LogP contribution is -2.37. The molecule has 1 aromatic carbocycles. The van der Waals surface area contributed by atoms with E-state index in [9.17, 15) is 9.59 Å². The van der Waals surface area contributed by atoms with Crippen LogP contribution in [0.2, 0.25) is 0 Å². The lowest BCUT2D eigenvalue weighted by atomic mass is 9.92. The third-order valence-corrected chi connectivity index (χ3v) is 6.84. The summed E-state index contributed by atoms with van der Waals surface area (Å²) in [7, 11) is 0. The molecular weight excluding hydrogens is 468 g/mol. The van der Waals surface area contributed by atoms with Gasteiger partial charge in [0.2, 0.25) is 5.89 Å². The van der Waals surface area contributed by atoms with Crippen LogP contribution in [0.5, 0.6) is 5.75 Å². The molecule has 8 nitrogen and oxygen atoms in total. The Balaban J connectivity index is 1.47. The topological polar surface area (TPSA) is 102 Å². The summed E-state index contributed by atoms with van der Waals surface area (Å²) in [5.74, 6) is 1.33. The van der Waals surface area contributed by atoms with Crippen LogP contribution >= 0.6 is 11.3 Å². The third kappa shape index (κ3) is 6.03. The van der Waals surface area contributed by atoms with Gasteiger partial charge in [0.15, 0.2) is 0 Å². The minimum atomic E-state index is -0.848. The van der Waals surface area contributed by atoms with Crippen molar-refractivity contribution in [3.63, 3.8) is 0 Å². The molecular formula is C26H30N2O6S. The molecule has 0 atom stereocenters. The van der Waals surface area contributed by atoms with Crippen LogP contribution in [0.4, 0.5) is 4.79 Å². The van der Waals surface area contributed by atoms with E-state index in [1.807, 2.05) is 43.5 Å². The summed E-state index contributed by atoms with van der Waals surface area (Å²) >= 11 is 1.59. The predicted octanol–water partition coefficient (Wildman–Crippen LogP) is 5.25. The van der Waals surface area contributed by atoms with Crippen LogP contribution in [-0.4, -0.2) is 46.8 Å². The van der Waals surface area contributed by atoms with Crippen molar-refractivity contribution in [3.8, 4) is 16.5 Å². The number of hydrogen-bond acceptors (Lipinski definition) is 7. The smallest absolute Gasteiger partial charge is 0.410 e. The molecule has 0 saturated heterocycles. The Hall–Kier alpha value is -3.33. The van der Waals surface area contributed by atoms with Gasteiger partial charge in [-0.15, -0.1) is 11.3 Å². The number of hydrogen-bond donors (Lipinski definition) is 1. The fraction of sp³-hybridized carbons (Fsp3) is 0.423.